The molecule has 11 heteroatoms. The second-order valence-corrected chi connectivity index (χ2v) is 8.04. The molecule has 0 bridgehead atoms. The lowest BCUT2D eigenvalue weighted by Gasteiger charge is -2.16. The second kappa shape index (κ2) is 8.05. The molecule has 0 aliphatic heterocycles. The molecule has 0 aliphatic carbocycles. The lowest BCUT2D eigenvalue weighted by Crippen LogP contribution is -2.41. The minimum absolute atomic E-state index is 0.114. The van der Waals surface area contributed by atoms with Crippen LogP contribution in [-0.2, 0) is 21.0 Å². The first-order valence-corrected chi connectivity index (χ1v) is 9.59. The highest BCUT2D eigenvalue weighted by atomic mass is 35.5. The van der Waals surface area contributed by atoms with E-state index in [1.165, 1.54) is 37.3 Å². The van der Waals surface area contributed by atoms with Crippen molar-refractivity contribution in [2.24, 2.45) is 0 Å². The highest BCUT2D eigenvalue weighted by molar-refractivity contribution is 7.89. The van der Waals surface area contributed by atoms with Crippen LogP contribution in [0.4, 0.5) is 18.9 Å². The molecule has 0 unspecified atom stereocenters. The quantitative estimate of drug-likeness (QED) is 0.726. The largest absolute Gasteiger partial charge is 0.417 e. The molecule has 5 nitrogen and oxygen atoms in total. The number of anilines is 1. The van der Waals surface area contributed by atoms with Gasteiger partial charge in [0.25, 0.3) is 0 Å². The molecule has 0 fully saturated rings. The van der Waals surface area contributed by atoms with E-state index in [4.69, 9.17) is 23.2 Å². The molecule has 2 aromatic carbocycles. The van der Waals surface area contributed by atoms with E-state index in [1.54, 1.807) is 0 Å². The Labute approximate surface area is 163 Å². The van der Waals surface area contributed by atoms with Crippen LogP contribution >= 0.6 is 23.2 Å². The van der Waals surface area contributed by atoms with Crippen molar-refractivity contribution < 1.29 is 26.4 Å². The number of benzene rings is 2. The van der Waals surface area contributed by atoms with Gasteiger partial charge in [-0.1, -0.05) is 23.2 Å². The van der Waals surface area contributed by atoms with Crippen molar-refractivity contribution in [3.8, 4) is 0 Å². The fourth-order valence-corrected chi connectivity index (χ4v) is 3.59. The fraction of sp³-hybridized carbons (Fsp3) is 0.188. The third-order valence-corrected chi connectivity index (χ3v) is 5.53. The second-order valence-electron chi connectivity index (χ2n) is 5.48. The number of amides is 1. The third-order valence-electron chi connectivity index (χ3n) is 3.39. The number of carbonyl (C=O) groups is 1. The SMILES string of the molecule is C[C@@H](NS(=O)(=O)c1ccc(Cl)cc1)C(=O)Nc1ccc(Cl)c(C(F)(F)F)c1. The highest BCUT2D eigenvalue weighted by Gasteiger charge is 2.33. The van der Waals surface area contributed by atoms with Crippen LogP contribution in [0.15, 0.2) is 47.4 Å². The standard InChI is InChI=1S/C16H13Cl2F3N2O3S/c1-9(23-27(25,26)12-5-2-10(17)3-6-12)15(24)22-11-4-7-14(18)13(8-11)16(19,20)21/h2-9,23H,1H3,(H,22,24)/t9-/m1/s1. The maximum Gasteiger partial charge on any atom is 0.417 e. The Morgan fingerprint density at radius 2 is 1.67 bits per heavy atom. The van der Waals surface area contributed by atoms with Crippen molar-refractivity contribution in [1.29, 1.82) is 0 Å². The summed E-state index contributed by atoms with van der Waals surface area (Å²) in [5.74, 6) is -0.844. The van der Waals surface area contributed by atoms with Gasteiger partial charge in [0, 0.05) is 10.7 Å². The van der Waals surface area contributed by atoms with Crippen LogP contribution in [0.5, 0.6) is 0 Å². The first kappa shape index (κ1) is 21.5. The predicted molar refractivity (Wildman–Crippen MR) is 96.3 cm³/mol. The third kappa shape index (κ3) is 5.58. The van der Waals surface area contributed by atoms with Crippen LogP contribution in [0.3, 0.4) is 0 Å². The number of halogens is 5. The average molecular weight is 441 g/mol. The Bertz CT molecular complexity index is 948. The molecule has 0 aromatic heterocycles. The molecule has 27 heavy (non-hydrogen) atoms. The van der Waals surface area contributed by atoms with E-state index >= 15 is 0 Å². The lowest BCUT2D eigenvalue weighted by molar-refractivity contribution is -0.137. The maximum atomic E-state index is 12.9. The van der Waals surface area contributed by atoms with Gasteiger partial charge in [0.1, 0.15) is 0 Å². The lowest BCUT2D eigenvalue weighted by atomic mass is 10.2. The van der Waals surface area contributed by atoms with E-state index in [9.17, 15) is 26.4 Å². The van der Waals surface area contributed by atoms with Gasteiger partial charge in [-0.05, 0) is 49.4 Å². The van der Waals surface area contributed by atoms with Gasteiger partial charge in [0.2, 0.25) is 15.9 Å². The van der Waals surface area contributed by atoms with E-state index in [-0.39, 0.29) is 10.6 Å². The number of sulfonamides is 1. The van der Waals surface area contributed by atoms with E-state index in [0.29, 0.717) is 11.1 Å². The van der Waals surface area contributed by atoms with Gasteiger partial charge in [-0.3, -0.25) is 4.79 Å². The van der Waals surface area contributed by atoms with Crippen molar-refractivity contribution in [2.45, 2.75) is 24.0 Å². The number of rotatable bonds is 5. The molecule has 0 saturated heterocycles. The summed E-state index contributed by atoms with van der Waals surface area (Å²) >= 11 is 11.2. The zero-order valence-corrected chi connectivity index (χ0v) is 16.0. The smallest absolute Gasteiger partial charge is 0.325 e. The van der Waals surface area contributed by atoms with E-state index < -0.39 is 38.7 Å². The number of carbonyl (C=O) groups excluding carboxylic acids is 1. The molecule has 0 aliphatic rings. The van der Waals surface area contributed by atoms with Gasteiger partial charge in [0.15, 0.2) is 0 Å². The molecule has 0 spiro atoms. The van der Waals surface area contributed by atoms with Crippen LogP contribution in [0.1, 0.15) is 12.5 Å². The summed E-state index contributed by atoms with van der Waals surface area (Å²) in [5, 5.41) is 2.04. The van der Waals surface area contributed by atoms with E-state index in [1.807, 2.05) is 0 Å². The summed E-state index contributed by atoms with van der Waals surface area (Å²) in [6.45, 7) is 1.25. The zero-order chi connectivity index (χ0) is 20.4. The first-order chi connectivity index (χ1) is 12.4. The summed E-state index contributed by atoms with van der Waals surface area (Å²) in [6, 6.07) is 6.82. The maximum absolute atomic E-state index is 12.9. The molecule has 2 rings (SSSR count). The molecular weight excluding hydrogens is 428 g/mol. The van der Waals surface area contributed by atoms with E-state index in [0.717, 1.165) is 6.07 Å². The Morgan fingerprint density at radius 3 is 2.22 bits per heavy atom. The van der Waals surface area contributed by atoms with Crippen LogP contribution in [0.25, 0.3) is 0 Å². The Kier molecular flexibility index (Phi) is 6.41. The van der Waals surface area contributed by atoms with Crippen molar-refractivity contribution in [2.75, 3.05) is 5.32 Å². The summed E-state index contributed by atoms with van der Waals surface area (Å²) < 4.78 is 65.2. The molecule has 0 radical (unpaired) electrons. The molecule has 0 saturated carbocycles. The Balaban J connectivity index is 2.13. The Morgan fingerprint density at radius 1 is 1.07 bits per heavy atom. The molecule has 0 heterocycles. The number of alkyl halides is 3. The topological polar surface area (TPSA) is 75.3 Å². The zero-order valence-electron chi connectivity index (χ0n) is 13.6. The van der Waals surface area contributed by atoms with Gasteiger partial charge in [-0.15, -0.1) is 0 Å². The van der Waals surface area contributed by atoms with Gasteiger partial charge >= 0.3 is 6.18 Å². The summed E-state index contributed by atoms with van der Waals surface area (Å²) in [7, 11) is -4.02. The van der Waals surface area contributed by atoms with Crippen molar-refractivity contribution >= 4 is 44.8 Å². The van der Waals surface area contributed by atoms with Crippen LogP contribution in [0.2, 0.25) is 10.0 Å². The van der Waals surface area contributed by atoms with Crippen LogP contribution in [-0.4, -0.2) is 20.4 Å². The minimum atomic E-state index is -4.69. The molecule has 1 atom stereocenters. The van der Waals surface area contributed by atoms with Crippen molar-refractivity contribution in [1.82, 2.24) is 4.72 Å². The molecular formula is C16H13Cl2F3N2O3S. The van der Waals surface area contributed by atoms with Gasteiger partial charge in [-0.2, -0.15) is 17.9 Å². The molecule has 146 valence electrons. The van der Waals surface area contributed by atoms with Crippen LogP contribution in [0, 0.1) is 0 Å². The van der Waals surface area contributed by atoms with Crippen molar-refractivity contribution in [3.05, 3.63) is 58.1 Å². The first-order valence-electron chi connectivity index (χ1n) is 7.35. The number of nitrogens with one attached hydrogen (secondary N) is 2. The number of hydrogen-bond donors (Lipinski definition) is 2. The fourth-order valence-electron chi connectivity index (χ4n) is 2.04. The number of hydrogen-bond acceptors (Lipinski definition) is 3. The van der Waals surface area contributed by atoms with Gasteiger partial charge in [-0.25, -0.2) is 8.42 Å². The summed E-state index contributed by atoms with van der Waals surface area (Å²) in [5.41, 5.74) is -1.29. The van der Waals surface area contributed by atoms with Gasteiger partial charge in [0.05, 0.1) is 21.5 Å². The molecule has 1 amide bonds. The van der Waals surface area contributed by atoms with Crippen molar-refractivity contribution in [3.63, 3.8) is 0 Å². The summed E-state index contributed by atoms with van der Waals surface area (Å²) in [6.07, 6.45) is -4.69. The predicted octanol–water partition coefficient (Wildman–Crippen LogP) is 4.32. The van der Waals surface area contributed by atoms with E-state index in [2.05, 4.69) is 10.0 Å². The highest BCUT2D eigenvalue weighted by Crippen LogP contribution is 2.36. The van der Waals surface area contributed by atoms with Gasteiger partial charge < -0.3 is 5.32 Å². The summed E-state index contributed by atoms with van der Waals surface area (Å²) in [4.78, 5) is 12.0. The normalized spacial score (nSPS) is 13.3. The van der Waals surface area contributed by atoms with Crippen LogP contribution < -0.4 is 10.0 Å². The minimum Gasteiger partial charge on any atom is -0.325 e. The average Bonchev–Trinajstić information content (AvgIpc) is 2.55. The Hall–Kier alpha value is -1.81. The molecule has 2 aromatic rings. The molecule has 2 N–H and O–H groups in total. The monoisotopic (exact) mass is 440 g/mol.